The van der Waals surface area contributed by atoms with Crippen molar-refractivity contribution in [3.8, 4) is 5.75 Å². The van der Waals surface area contributed by atoms with Crippen molar-refractivity contribution in [3.63, 3.8) is 0 Å². The molecule has 1 aliphatic rings. The molecule has 5 nitrogen and oxygen atoms in total. The van der Waals surface area contributed by atoms with Crippen LogP contribution in [0.1, 0.15) is 31.1 Å². The van der Waals surface area contributed by atoms with Gasteiger partial charge in [0.05, 0.1) is 12.1 Å². The van der Waals surface area contributed by atoms with Gasteiger partial charge >= 0.3 is 0 Å². The van der Waals surface area contributed by atoms with Crippen molar-refractivity contribution in [1.29, 1.82) is 0 Å². The summed E-state index contributed by atoms with van der Waals surface area (Å²) in [5.74, 6) is 0.596. The Labute approximate surface area is 142 Å². The fourth-order valence-corrected chi connectivity index (χ4v) is 2.83. The second-order valence-corrected chi connectivity index (χ2v) is 7.09. The standard InChI is InChI=1S/C17H23ClN2O3/c1-17(2,3)16(22)20-9-7-19(8-10-20)15(21)12-5-6-14(23-4)13(18)11-12/h5-6,11H,7-10H2,1-4H3. The minimum atomic E-state index is -0.393. The molecule has 0 atom stereocenters. The van der Waals surface area contributed by atoms with Crippen LogP contribution in [0, 0.1) is 5.41 Å². The normalized spacial score (nSPS) is 15.5. The van der Waals surface area contributed by atoms with Gasteiger partial charge in [0.2, 0.25) is 5.91 Å². The maximum atomic E-state index is 12.5. The average molecular weight is 339 g/mol. The summed E-state index contributed by atoms with van der Waals surface area (Å²) in [6.45, 7) is 7.91. The molecule has 2 rings (SSSR count). The minimum absolute atomic E-state index is 0.0718. The SMILES string of the molecule is COc1ccc(C(=O)N2CCN(C(=O)C(C)(C)C)CC2)cc1Cl. The Morgan fingerprint density at radius 1 is 1.09 bits per heavy atom. The number of hydrogen-bond donors (Lipinski definition) is 0. The van der Waals surface area contributed by atoms with E-state index >= 15 is 0 Å². The summed E-state index contributed by atoms with van der Waals surface area (Å²) in [7, 11) is 1.54. The predicted molar refractivity (Wildman–Crippen MR) is 89.9 cm³/mol. The van der Waals surface area contributed by atoms with Crippen LogP contribution >= 0.6 is 11.6 Å². The lowest BCUT2D eigenvalue weighted by Crippen LogP contribution is -2.53. The molecule has 2 amide bonds. The summed E-state index contributed by atoms with van der Waals surface area (Å²) in [5.41, 5.74) is 0.141. The van der Waals surface area contributed by atoms with Gasteiger partial charge in [-0.1, -0.05) is 32.4 Å². The number of benzene rings is 1. The number of carbonyl (C=O) groups is 2. The van der Waals surface area contributed by atoms with Crippen molar-refractivity contribution in [1.82, 2.24) is 9.80 Å². The third kappa shape index (κ3) is 3.96. The molecule has 1 heterocycles. The van der Waals surface area contributed by atoms with Crippen molar-refractivity contribution in [2.45, 2.75) is 20.8 Å². The molecule has 1 aromatic carbocycles. The van der Waals surface area contributed by atoms with Gasteiger partial charge < -0.3 is 14.5 Å². The first kappa shape index (κ1) is 17.6. The molecular weight excluding hydrogens is 316 g/mol. The van der Waals surface area contributed by atoms with Crippen LogP contribution in [0.4, 0.5) is 0 Å². The third-order valence-corrected chi connectivity index (χ3v) is 4.19. The molecule has 0 aromatic heterocycles. The Hall–Kier alpha value is -1.75. The second kappa shape index (κ2) is 6.79. The molecule has 0 spiro atoms. The first-order valence-corrected chi connectivity index (χ1v) is 8.04. The molecule has 0 aliphatic carbocycles. The van der Waals surface area contributed by atoms with E-state index in [0.29, 0.717) is 42.5 Å². The van der Waals surface area contributed by atoms with E-state index in [2.05, 4.69) is 0 Å². The highest BCUT2D eigenvalue weighted by atomic mass is 35.5. The van der Waals surface area contributed by atoms with E-state index in [4.69, 9.17) is 16.3 Å². The summed E-state index contributed by atoms with van der Waals surface area (Å²) in [5, 5.41) is 0.417. The summed E-state index contributed by atoms with van der Waals surface area (Å²) >= 11 is 6.08. The molecule has 1 saturated heterocycles. The van der Waals surface area contributed by atoms with Gasteiger partial charge in [-0.15, -0.1) is 0 Å². The summed E-state index contributed by atoms with van der Waals surface area (Å²) < 4.78 is 5.10. The number of amides is 2. The van der Waals surface area contributed by atoms with Gasteiger partial charge in [-0.05, 0) is 18.2 Å². The van der Waals surface area contributed by atoms with Crippen LogP contribution in [0.2, 0.25) is 5.02 Å². The largest absolute Gasteiger partial charge is 0.495 e. The first-order valence-electron chi connectivity index (χ1n) is 7.66. The number of methoxy groups -OCH3 is 1. The monoisotopic (exact) mass is 338 g/mol. The third-order valence-electron chi connectivity index (χ3n) is 3.89. The average Bonchev–Trinajstić information content (AvgIpc) is 2.52. The van der Waals surface area contributed by atoms with Crippen LogP contribution in [0.3, 0.4) is 0 Å². The Morgan fingerprint density at radius 3 is 2.13 bits per heavy atom. The number of piperazine rings is 1. The van der Waals surface area contributed by atoms with Gasteiger partial charge in [-0.3, -0.25) is 9.59 Å². The molecule has 0 saturated carbocycles. The zero-order valence-electron chi connectivity index (χ0n) is 14.1. The minimum Gasteiger partial charge on any atom is -0.495 e. The summed E-state index contributed by atoms with van der Waals surface area (Å²) in [4.78, 5) is 28.4. The van der Waals surface area contributed by atoms with Gasteiger partial charge in [0.25, 0.3) is 5.91 Å². The molecule has 1 aromatic rings. The molecule has 126 valence electrons. The second-order valence-electron chi connectivity index (χ2n) is 6.68. The number of carbonyl (C=O) groups excluding carboxylic acids is 2. The van der Waals surface area contributed by atoms with Crippen LogP contribution in [0.5, 0.6) is 5.75 Å². The first-order chi connectivity index (χ1) is 10.7. The van der Waals surface area contributed by atoms with E-state index in [1.165, 1.54) is 7.11 Å². The molecule has 1 aliphatic heterocycles. The molecule has 6 heteroatoms. The summed E-state index contributed by atoms with van der Waals surface area (Å²) in [6.07, 6.45) is 0. The van der Waals surface area contributed by atoms with Crippen LogP contribution < -0.4 is 4.74 Å². The zero-order valence-corrected chi connectivity index (χ0v) is 14.8. The molecular formula is C17H23ClN2O3. The quantitative estimate of drug-likeness (QED) is 0.833. The topological polar surface area (TPSA) is 49.9 Å². The van der Waals surface area contributed by atoms with Crippen molar-refractivity contribution >= 4 is 23.4 Å². The molecule has 23 heavy (non-hydrogen) atoms. The van der Waals surface area contributed by atoms with E-state index in [1.54, 1.807) is 23.1 Å². The Kier molecular flexibility index (Phi) is 5.19. The van der Waals surface area contributed by atoms with E-state index in [0.717, 1.165) is 0 Å². The van der Waals surface area contributed by atoms with Crippen LogP contribution in [0.25, 0.3) is 0 Å². The Bertz CT molecular complexity index is 602. The van der Waals surface area contributed by atoms with Gasteiger partial charge in [0.1, 0.15) is 5.75 Å². The number of rotatable bonds is 2. The molecule has 1 fully saturated rings. The maximum absolute atomic E-state index is 12.5. The van der Waals surface area contributed by atoms with Gasteiger partial charge in [-0.25, -0.2) is 0 Å². The number of nitrogens with zero attached hydrogens (tertiary/aromatic N) is 2. The summed E-state index contributed by atoms with van der Waals surface area (Å²) in [6, 6.07) is 5.02. The lowest BCUT2D eigenvalue weighted by atomic mass is 9.94. The van der Waals surface area contributed by atoms with Crippen LogP contribution in [-0.2, 0) is 4.79 Å². The highest BCUT2D eigenvalue weighted by Crippen LogP contribution is 2.26. The van der Waals surface area contributed by atoms with E-state index in [9.17, 15) is 9.59 Å². The van der Waals surface area contributed by atoms with Crippen LogP contribution in [-0.4, -0.2) is 54.9 Å². The van der Waals surface area contributed by atoms with E-state index < -0.39 is 5.41 Å². The fraction of sp³-hybridized carbons (Fsp3) is 0.529. The smallest absolute Gasteiger partial charge is 0.254 e. The molecule has 0 bridgehead atoms. The molecule has 0 unspecified atom stereocenters. The van der Waals surface area contributed by atoms with Crippen molar-refractivity contribution < 1.29 is 14.3 Å². The van der Waals surface area contributed by atoms with E-state index in [-0.39, 0.29) is 11.8 Å². The van der Waals surface area contributed by atoms with Crippen molar-refractivity contribution in [3.05, 3.63) is 28.8 Å². The number of halogens is 1. The van der Waals surface area contributed by atoms with Gasteiger partial charge in [0.15, 0.2) is 0 Å². The van der Waals surface area contributed by atoms with Crippen LogP contribution in [0.15, 0.2) is 18.2 Å². The maximum Gasteiger partial charge on any atom is 0.254 e. The highest BCUT2D eigenvalue weighted by Gasteiger charge is 2.31. The van der Waals surface area contributed by atoms with Gasteiger partial charge in [0, 0.05) is 37.2 Å². The molecule has 0 radical (unpaired) electrons. The number of hydrogen-bond acceptors (Lipinski definition) is 3. The lowest BCUT2D eigenvalue weighted by Gasteiger charge is -2.37. The van der Waals surface area contributed by atoms with Crippen molar-refractivity contribution in [2.75, 3.05) is 33.3 Å². The van der Waals surface area contributed by atoms with E-state index in [1.807, 2.05) is 25.7 Å². The van der Waals surface area contributed by atoms with Crippen molar-refractivity contribution in [2.24, 2.45) is 5.41 Å². The number of ether oxygens (including phenoxy) is 1. The predicted octanol–water partition coefficient (Wildman–Crippen LogP) is 2.68. The Morgan fingerprint density at radius 2 is 1.65 bits per heavy atom. The fourth-order valence-electron chi connectivity index (χ4n) is 2.57. The lowest BCUT2D eigenvalue weighted by molar-refractivity contribution is -0.140. The van der Waals surface area contributed by atoms with Gasteiger partial charge in [-0.2, -0.15) is 0 Å². The highest BCUT2D eigenvalue weighted by molar-refractivity contribution is 6.32. The zero-order chi connectivity index (χ0) is 17.2. The molecule has 0 N–H and O–H groups in total. The Balaban J connectivity index is 2.01.